The van der Waals surface area contributed by atoms with Gasteiger partial charge in [-0.25, -0.2) is 4.79 Å². The van der Waals surface area contributed by atoms with Crippen LogP contribution in [-0.4, -0.2) is 24.4 Å². The molecule has 1 N–H and O–H groups in total. The van der Waals surface area contributed by atoms with Crippen LogP contribution in [0.2, 0.25) is 0 Å². The van der Waals surface area contributed by atoms with Gasteiger partial charge in [-0.3, -0.25) is 4.90 Å². The van der Waals surface area contributed by atoms with Crippen molar-refractivity contribution < 1.29 is 14.6 Å². The molecule has 4 heteroatoms. The minimum atomic E-state index is -0.346. The number of rotatable bonds is 1. The van der Waals surface area contributed by atoms with Crippen molar-refractivity contribution in [2.75, 3.05) is 18.1 Å². The summed E-state index contributed by atoms with van der Waals surface area (Å²) in [5.41, 5.74) is 0.676. The van der Waals surface area contributed by atoms with E-state index in [0.29, 0.717) is 18.8 Å². The van der Waals surface area contributed by atoms with Crippen molar-refractivity contribution in [2.45, 2.75) is 6.42 Å². The van der Waals surface area contributed by atoms with E-state index >= 15 is 0 Å². The van der Waals surface area contributed by atoms with Crippen LogP contribution < -0.4 is 4.90 Å². The van der Waals surface area contributed by atoms with E-state index in [2.05, 4.69) is 0 Å². The molecule has 1 fully saturated rings. The molecule has 1 aliphatic heterocycles. The van der Waals surface area contributed by atoms with Crippen LogP contribution in [0.4, 0.5) is 10.5 Å². The van der Waals surface area contributed by atoms with Crippen LogP contribution >= 0.6 is 0 Å². The van der Waals surface area contributed by atoms with Crippen LogP contribution in [0.1, 0.15) is 6.42 Å². The van der Waals surface area contributed by atoms with Crippen LogP contribution in [0.25, 0.3) is 0 Å². The molecule has 1 amide bonds. The second-order valence-electron chi connectivity index (χ2n) is 3.14. The van der Waals surface area contributed by atoms with Gasteiger partial charge in [0.2, 0.25) is 0 Å². The van der Waals surface area contributed by atoms with Crippen molar-refractivity contribution in [2.24, 2.45) is 0 Å². The molecule has 1 saturated heterocycles. The first-order valence-corrected chi connectivity index (χ1v) is 4.51. The van der Waals surface area contributed by atoms with Gasteiger partial charge in [0.15, 0.2) is 0 Å². The highest BCUT2D eigenvalue weighted by Crippen LogP contribution is 2.22. The van der Waals surface area contributed by atoms with Gasteiger partial charge in [-0.2, -0.15) is 0 Å². The predicted molar refractivity (Wildman–Crippen MR) is 51.4 cm³/mol. The number of carbonyl (C=O) groups is 1. The van der Waals surface area contributed by atoms with E-state index in [-0.39, 0.29) is 11.8 Å². The largest absolute Gasteiger partial charge is 0.508 e. The highest BCUT2D eigenvalue weighted by Gasteiger charge is 2.21. The summed E-state index contributed by atoms with van der Waals surface area (Å²) in [5, 5.41) is 9.25. The van der Waals surface area contributed by atoms with Gasteiger partial charge >= 0.3 is 6.09 Å². The fourth-order valence-corrected chi connectivity index (χ4v) is 1.45. The van der Waals surface area contributed by atoms with E-state index in [9.17, 15) is 9.90 Å². The lowest BCUT2D eigenvalue weighted by molar-refractivity contribution is 0.140. The Morgan fingerprint density at radius 2 is 2.29 bits per heavy atom. The Balaban J connectivity index is 2.24. The Bertz CT molecular complexity index is 351. The number of ether oxygens (including phenoxy) is 1. The third-order valence-electron chi connectivity index (χ3n) is 2.11. The number of nitrogens with zero attached hydrogens (tertiary/aromatic N) is 1. The lowest BCUT2D eigenvalue weighted by Crippen LogP contribution is -2.37. The molecule has 0 bridgehead atoms. The molecular weight excluding hydrogens is 182 g/mol. The van der Waals surface area contributed by atoms with E-state index in [1.807, 2.05) is 0 Å². The first-order valence-electron chi connectivity index (χ1n) is 4.51. The van der Waals surface area contributed by atoms with E-state index in [4.69, 9.17) is 4.74 Å². The normalized spacial score (nSPS) is 16.6. The van der Waals surface area contributed by atoms with E-state index in [1.54, 1.807) is 24.3 Å². The summed E-state index contributed by atoms with van der Waals surface area (Å²) in [5.74, 6) is 0.154. The summed E-state index contributed by atoms with van der Waals surface area (Å²) in [4.78, 5) is 12.8. The molecule has 0 aliphatic carbocycles. The molecule has 74 valence electrons. The summed E-state index contributed by atoms with van der Waals surface area (Å²) in [6.07, 6.45) is 0.475. The number of amides is 1. The standard InChI is InChI=1S/C10H11NO3/c12-9-4-1-3-8(7-9)11-5-2-6-14-10(11)13/h1,3-4,7,12H,2,5-6H2. The molecule has 1 aliphatic rings. The Morgan fingerprint density at radius 1 is 1.43 bits per heavy atom. The molecular formula is C10H11NO3. The van der Waals surface area contributed by atoms with Gasteiger partial charge < -0.3 is 9.84 Å². The average molecular weight is 193 g/mol. The average Bonchev–Trinajstić information content (AvgIpc) is 2.18. The van der Waals surface area contributed by atoms with E-state index in [0.717, 1.165) is 6.42 Å². The SMILES string of the molecule is O=C1OCCCN1c1cccc(O)c1. The van der Waals surface area contributed by atoms with Crippen LogP contribution in [0.5, 0.6) is 5.75 Å². The lowest BCUT2D eigenvalue weighted by Gasteiger charge is -2.26. The van der Waals surface area contributed by atoms with Crippen LogP contribution in [0.15, 0.2) is 24.3 Å². The van der Waals surface area contributed by atoms with Gasteiger partial charge in [-0.15, -0.1) is 0 Å². The first kappa shape index (κ1) is 8.87. The maximum Gasteiger partial charge on any atom is 0.414 e. The minimum absolute atomic E-state index is 0.154. The fraction of sp³-hybridized carbons (Fsp3) is 0.300. The second kappa shape index (κ2) is 3.57. The topological polar surface area (TPSA) is 49.8 Å². The molecule has 0 spiro atoms. The Kier molecular flexibility index (Phi) is 2.26. The van der Waals surface area contributed by atoms with Crippen LogP contribution in [0, 0.1) is 0 Å². The summed E-state index contributed by atoms with van der Waals surface area (Å²) in [7, 11) is 0. The van der Waals surface area contributed by atoms with Crippen LogP contribution in [-0.2, 0) is 4.74 Å². The summed E-state index contributed by atoms with van der Waals surface area (Å²) >= 11 is 0. The number of aromatic hydroxyl groups is 1. The zero-order valence-electron chi connectivity index (χ0n) is 7.64. The zero-order chi connectivity index (χ0) is 9.97. The molecule has 0 atom stereocenters. The number of cyclic esters (lactones) is 1. The van der Waals surface area contributed by atoms with Crippen molar-refractivity contribution >= 4 is 11.8 Å². The fourth-order valence-electron chi connectivity index (χ4n) is 1.45. The van der Waals surface area contributed by atoms with Crippen molar-refractivity contribution in [1.29, 1.82) is 0 Å². The number of hydrogen-bond acceptors (Lipinski definition) is 3. The number of carbonyl (C=O) groups excluding carboxylic acids is 1. The van der Waals surface area contributed by atoms with Gasteiger partial charge in [0.05, 0.1) is 12.3 Å². The summed E-state index contributed by atoms with van der Waals surface area (Å²) in [6.45, 7) is 1.12. The molecule has 0 unspecified atom stereocenters. The number of anilines is 1. The molecule has 1 aromatic carbocycles. The van der Waals surface area contributed by atoms with Gasteiger partial charge in [0.1, 0.15) is 5.75 Å². The van der Waals surface area contributed by atoms with Gasteiger partial charge in [-0.1, -0.05) is 6.07 Å². The van der Waals surface area contributed by atoms with Gasteiger partial charge in [0.25, 0.3) is 0 Å². The molecule has 2 rings (SSSR count). The highest BCUT2D eigenvalue weighted by atomic mass is 16.6. The third-order valence-corrected chi connectivity index (χ3v) is 2.11. The molecule has 14 heavy (non-hydrogen) atoms. The number of phenolic OH excluding ortho intramolecular Hbond substituents is 1. The molecule has 0 saturated carbocycles. The molecule has 1 heterocycles. The lowest BCUT2D eigenvalue weighted by atomic mass is 10.2. The number of hydrogen-bond donors (Lipinski definition) is 1. The number of phenols is 1. The van der Waals surface area contributed by atoms with E-state index < -0.39 is 0 Å². The predicted octanol–water partition coefficient (Wildman–Crippen LogP) is 1.74. The zero-order valence-corrected chi connectivity index (χ0v) is 7.64. The quantitative estimate of drug-likeness (QED) is 0.739. The van der Waals surface area contributed by atoms with Crippen molar-refractivity contribution in [3.05, 3.63) is 24.3 Å². The van der Waals surface area contributed by atoms with Crippen molar-refractivity contribution in [1.82, 2.24) is 0 Å². The third kappa shape index (κ3) is 1.64. The Morgan fingerprint density at radius 3 is 3.00 bits per heavy atom. The number of benzene rings is 1. The molecule has 1 aromatic rings. The van der Waals surface area contributed by atoms with Crippen molar-refractivity contribution in [3.8, 4) is 5.75 Å². The van der Waals surface area contributed by atoms with Gasteiger partial charge in [-0.05, 0) is 18.6 Å². The molecule has 0 radical (unpaired) electrons. The second-order valence-corrected chi connectivity index (χ2v) is 3.14. The van der Waals surface area contributed by atoms with E-state index in [1.165, 1.54) is 4.90 Å². The molecule has 0 aromatic heterocycles. The molecule has 4 nitrogen and oxygen atoms in total. The van der Waals surface area contributed by atoms with Gasteiger partial charge in [0, 0.05) is 12.6 Å². The summed E-state index contributed by atoms with van der Waals surface area (Å²) in [6, 6.07) is 6.59. The Labute approximate surface area is 81.7 Å². The highest BCUT2D eigenvalue weighted by molar-refractivity contribution is 5.88. The van der Waals surface area contributed by atoms with Crippen molar-refractivity contribution in [3.63, 3.8) is 0 Å². The Hall–Kier alpha value is -1.71. The maximum atomic E-state index is 11.3. The summed E-state index contributed by atoms with van der Waals surface area (Å²) < 4.78 is 4.89. The van der Waals surface area contributed by atoms with Crippen LogP contribution in [0.3, 0.4) is 0 Å². The minimum Gasteiger partial charge on any atom is -0.508 e. The first-order chi connectivity index (χ1) is 6.77. The monoisotopic (exact) mass is 193 g/mol. The smallest absolute Gasteiger partial charge is 0.414 e. The maximum absolute atomic E-state index is 11.3.